The van der Waals surface area contributed by atoms with Crippen molar-refractivity contribution < 1.29 is 4.42 Å². The van der Waals surface area contributed by atoms with E-state index in [1.165, 1.54) is 10.9 Å². The lowest BCUT2D eigenvalue weighted by molar-refractivity contribution is 0.595. The van der Waals surface area contributed by atoms with Crippen molar-refractivity contribution in [3.8, 4) is 0 Å². The molecule has 1 heterocycles. The molecule has 1 N–H and O–H groups in total. The molecular weight excluding hydrogens is 246 g/mol. The molecule has 0 unspecified atom stereocenters. The number of hydrogen-bond acceptors (Lipinski definition) is 2. The van der Waals surface area contributed by atoms with Gasteiger partial charge in [0.2, 0.25) is 0 Å². The molecule has 20 heavy (non-hydrogen) atoms. The van der Waals surface area contributed by atoms with Crippen LogP contribution in [0.4, 0.5) is 11.4 Å². The highest BCUT2D eigenvalue weighted by molar-refractivity contribution is 5.88. The largest absolute Gasteiger partial charge is 0.456 e. The van der Waals surface area contributed by atoms with E-state index >= 15 is 0 Å². The van der Waals surface area contributed by atoms with Gasteiger partial charge in [-0.05, 0) is 49.2 Å². The Balaban J connectivity index is 1.77. The standard InChI is InChI=1S/C18H15NO/c1-2-6-13(7-3-1)19-14-10-11-18-16(12-14)15-8-4-5-9-17(15)20-18/h1-3,5-7,9-12,19H,4,8H2. The van der Waals surface area contributed by atoms with E-state index in [0.29, 0.717) is 0 Å². The highest BCUT2D eigenvalue weighted by Gasteiger charge is 2.14. The van der Waals surface area contributed by atoms with Crippen molar-refractivity contribution in [2.45, 2.75) is 12.8 Å². The molecule has 0 saturated carbocycles. The zero-order chi connectivity index (χ0) is 13.4. The van der Waals surface area contributed by atoms with Gasteiger partial charge in [-0.2, -0.15) is 0 Å². The predicted octanol–water partition coefficient (Wildman–Crippen LogP) is 5.14. The third-order valence-electron chi connectivity index (χ3n) is 3.71. The molecule has 0 aliphatic heterocycles. The van der Waals surface area contributed by atoms with Crippen molar-refractivity contribution in [2.24, 2.45) is 0 Å². The van der Waals surface area contributed by atoms with Gasteiger partial charge in [-0.3, -0.25) is 0 Å². The lowest BCUT2D eigenvalue weighted by Crippen LogP contribution is -1.91. The molecule has 2 heteroatoms. The molecule has 1 aliphatic carbocycles. The molecule has 1 aliphatic rings. The summed E-state index contributed by atoms with van der Waals surface area (Å²) >= 11 is 0. The number of rotatable bonds is 2. The van der Waals surface area contributed by atoms with Crippen LogP contribution in [0.2, 0.25) is 0 Å². The van der Waals surface area contributed by atoms with Crippen LogP contribution < -0.4 is 5.32 Å². The van der Waals surface area contributed by atoms with Gasteiger partial charge in [0, 0.05) is 22.3 Å². The van der Waals surface area contributed by atoms with E-state index in [9.17, 15) is 0 Å². The summed E-state index contributed by atoms with van der Waals surface area (Å²) in [6, 6.07) is 16.5. The van der Waals surface area contributed by atoms with Gasteiger partial charge >= 0.3 is 0 Å². The smallest absolute Gasteiger partial charge is 0.135 e. The fraction of sp³-hybridized carbons (Fsp3) is 0.111. The average molecular weight is 261 g/mol. The summed E-state index contributed by atoms with van der Waals surface area (Å²) in [6.07, 6.45) is 6.42. The van der Waals surface area contributed by atoms with Gasteiger partial charge in [0.25, 0.3) is 0 Å². The van der Waals surface area contributed by atoms with Crippen molar-refractivity contribution in [1.29, 1.82) is 0 Å². The molecule has 0 bridgehead atoms. The Morgan fingerprint density at radius 3 is 2.75 bits per heavy atom. The van der Waals surface area contributed by atoms with Crippen molar-refractivity contribution in [3.05, 3.63) is 65.9 Å². The van der Waals surface area contributed by atoms with Gasteiger partial charge in [0.05, 0.1) is 0 Å². The molecule has 2 aromatic carbocycles. The van der Waals surface area contributed by atoms with Gasteiger partial charge in [0.15, 0.2) is 0 Å². The number of hydrogen-bond donors (Lipinski definition) is 1. The van der Waals surface area contributed by atoms with Crippen molar-refractivity contribution in [1.82, 2.24) is 0 Å². The molecule has 4 rings (SSSR count). The number of benzene rings is 2. The van der Waals surface area contributed by atoms with Crippen LogP contribution in [0.5, 0.6) is 0 Å². The van der Waals surface area contributed by atoms with Crippen LogP contribution >= 0.6 is 0 Å². The summed E-state index contributed by atoms with van der Waals surface area (Å²) in [5.41, 5.74) is 4.50. The first-order chi connectivity index (χ1) is 9.90. The Kier molecular flexibility index (Phi) is 2.59. The third kappa shape index (κ3) is 1.90. The second-order valence-electron chi connectivity index (χ2n) is 5.09. The van der Waals surface area contributed by atoms with Crippen molar-refractivity contribution >= 4 is 28.4 Å². The molecule has 0 radical (unpaired) electrons. The first-order valence-electron chi connectivity index (χ1n) is 6.94. The van der Waals surface area contributed by atoms with E-state index in [-0.39, 0.29) is 0 Å². The fourth-order valence-electron chi connectivity index (χ4n) is 2.74. The SMILES string of the molecule is C1=Cc2oc3ccc(Nc4ccccc4)cc3c2CC1. The van der Waals surface area contributed by atoms with Gasteiger partial charge in [0.1, 0.15) is 11.3 Å². The third-order valence-corrected chi connectivity index (χ3v) is 3.71. The number of anilines is 2. The number of allylic oxidation sites excluding steroid dienone is 1. The first kappa shape index (κ1) is 11.4. The number of fused-ring (bicyclic) bond motifs is 3. The quantitative estimate of drug-likeness (QED) is 0.691. The summed E-state index contributed by atoms with van der Waals surface area (Å²) < 4.78 is 5.88. The Labute approximate surface area is 117 Å². The van der Waals surface area contributed by atoms with E-state index < -0.39 is 0 Å². The molecule has 2 nitrogen and oxygen atoms in total. The fourth-order valence-corrected chi connectivity index (χ4v) is 2.74. The van der Waals surface area contributed by atoms with Crippen LogP contribution in [0.3, 0.4) is 0 Å². The van der Waals surface area contributed by atoms with Gasteiger partial charge in [-0.1, -0.05) is 24.3 Å². The molecule has 0 amide bonds. The number of aryl methyl sites for hydroxylation is 1. The minimum atomic E-state index is 0.972. The van der Waals surface area contributed by atoms with E-state index in [4.69, 9.17) is 4.42 Å². The normalized spacial score (nSPS) is 13.4. The molecule has 0 atom stereocenters. The second kappa shape index (κ2) is 4.57. The number of para-hydroxylation sites is 1. The number of furan rings is 1. The van der Waals surface area contributed by atoms with Crippen LogP contribution in [0.25, 0.3) is 17.0 Å². The lowest BCUT2D eigenvalue weighted by atomic mass is 10.0. The summed E-state index contributed by atoms with van der Waals surface area (Å²) in [5.74, 6) is 1.02. The summed E-state index contributed by atoms with van der Waals surface area (Å²) in [7, 11) is 0. The molecule has 98 valence electrons. The maximum absolute atomic E-state index is 5.88. The minimum absolute atomic E-state index is 0.972. The monoisotopic (exact) mass is 261 g/mol. The minimum Gasteiger partial charge on any atom is -0.456 e. The van der Waals surface area contributed by atoms with Gasteiger partial charge < -0.3 is 9.73 Å². The average Bonchev–Trinajstić information content (AvgIpc) is 2.86. The van der Waals surface area contributed by atoms with E-state index in [2.05, 4.69) is 41.7 Å². The molecular formula is C18H15NO. The Morgan fingerprint density at radius 2 is 1.85 bits per heavy atom. The Morgan fingerprint density at radius 1 is 0.950 bits per heavy atom. The topological polar surface area (TPSA) is 25.2 Å². The molecule has 0 fully saturated rings. The van der Waals surface area contributed by atoms with E-state index in [0.717, 1.165) is 35.6 Å². The van der Waals surface area contributed by atoms with Crippen LogP contribution in [0.15, 0.2) is 59.0 Å². The zero-order valence-corrected chi connectivity index (χ0v) is 11.1. The highest BCUT2D eigenvalue weighted by atomic mass is 16.3. The molecule has 3 aromatic rings. The number of nitrogens with one attached hydrogen (secondary N) is 1. The highest BCUT2D eigenvalue weighted by Crippen LogP contribution is 2.33. The summed E-state index contributed by atoms with van der Waals surface area (Å²) in [5, 5.41) is 4.66. The maximum Gasteiger partial charge on any atom is 0.135 e. The summed E-state index contributed by atoms with van der Waals surface area (Å²) in [4.78, 5) is 0. The van der Waals surface area contributed by atoms with Crippen molar-refractivity contribution in [3.63, 3.8) is 0 Å². The maximum atomic E-state index is 5.88. The van der Waals surface area contributed by atoms with Gasteiger partial charge in [-0.25, -0.2) is 0 Å². The Hall–Kier alpha value is -2.48. The zero-order valence-electron chi connectivity index (χ0n) is 11.1. The van der Waals surface area contributed by atoms with Crippen LogP contribution in [-0.2, 0) is 6.42 Å². The van der Waals surface area contributed by atoms with Crippen LogP contribution in [-0.4, -0.2) is 0 Å². The molecule has 1 aromatic heterocycles. The second-order valence-corrected chi connectivity index (χ2v) is 5.09. The van der Waals surface area contributed by atoms with Crippen molar-refractivity contribution in [2.75, 3.05) is 5.32 Å². The van der Waals surface area contributed by atoms with E-state index in [1.54, 1.807) is 0 Å². The molecule has 0 saturated heterocycles. The predicted molar refractivity (Wildman–Crippen MR) is 83.3 cm³/mol. The van der Waals surface area contributed by atoms with E-state index in [1.807, 2.05) is 24.3 Å². The first-order valence-corrected chi connectivity index (χ1v) is 6.94. The lowest BCUT2D eigenvalue weighted by Gasteiger charge is -2.07. The van der Waals surface area contributed by atoms with Gasteiger partial charge in [-0.15, -0.1) is 0 Å². The van der Waals surface area contributed by atoms with Crippen LogP contribution in [0, 0.1) is 0 Å². The Bertz CT molecular complexity index is 784. The van der Waals surface area contributed by atoms with Crippen LogP contribution in [0.1, 0.15) is 17.7 Å². The summed E-state index contributed by atoms with van der Waals surface area (Å²) in [6.45, 7) is 0. The molecule has 0 spiro atoms.